The SMILES string of the molecule is CC(=O)c1ccc(CC(=O)c2ccc(Oc3ccc(C)cc3)cc2)cc1. The second kappa shape index (κ2) is 7.79. The number of carbonyl (C=O) groups is 2. The van der Waals surface area contributed by atoms with E-state index in [9.17, 15) is 9.59 Å². The first kappa shape index (κ1) is 17.6. The van der Waals surface area contributed by atoms with Gasteiger partial charge in [-0.2, -0.15) is 0 Å². The summed E-state index contributed by atoms with van der Waals surface area (Å²) in [6.07, 6.45) is 0.302. The molecule has 3 aromatic rings. The molecule has 0 aliphatic rings. The average Bonchev–Trinajstić information content (AvgIpc) is 2.64. The van der Waals surface area contributed by atoms with Gasteiger partial charge in [-0.1, -0.05) is 42.0 Å². The molecule has 3 nitrogen and oxygen atoms in total. The first-order valence-corrected chi connectivity index (χ1v) is 8.49. The molecule has 0 atom stereocenters. The lowest BCUT2D eigenvalue weighted by molar-refractivity contribution is 0.0991. The van der Waals surface area contributed by atoms with Crippen molar-refractivity contribution in [3.05, 3.63) is 95.1 Å². The van der Waals surface area contributed by atoms with Crippen LogP contribution >= 0.6 is 0 Å². The summed E-state index contributed by atoms with van der Waals surface area (Å²) in [7, 11) is 0. The second-order valence-corrected chi connectivity index (χ2v) is 6.29. The maximum atomic E-state index is 12.4. The lowest BCUT2D eigenvalue weighted by Gasteiger charge is -2.07. The van der Waals surface area contributed by atoms with Crippen molar-refractivity contribution in [3.63, 3.8) is 0 Å². The normalized spacial score (nSPS) is 10.4. The largest absolute Gasteiger partial charge is 0.457 e. The molecule has 0 unspecified atom stereocenters. The molecule has 26 heavy (non-hydrogen) atoms. The molecule has 0 bridgehead atoms. The molecule has 0 aliphatic carbocycles. The van der Waals surface area contributed by atoms with Gasteiger partial charge in [0.15, 0.2) is 11.6 Å². The zero-order valence-corrected chi connectivity index (χ0v) is 14.9. The van der Waals surface area contributed by atoms with E-state index in [-0.39, 0.29) is 11.6 Å². The number of hydrogen-bond donors (Lipinski definition) is 0. The monoisotopic (exact) mass is 344 g/mol. The molecule has 0 aliphatic heterocycles. The predicted octanol–water partition coefficient (Wildman–Crippen LogP) is 5.42. The molecule has 130 valence electrons. The van der Waals surface area contributed by atoms with E-state index in [2.05, 4.69) is 0 Å². The lowest BCUT2D eigenvalue weighted by atomic mass is 10.0. The van der Waals surface area contributed by atoms with Crippen molar-refractivity contribution < 1.29 is 14.3 Å². The van der Waals surface area contributed by atoms with E-state index in [4.69, 9.17) is 4.74 Å². The minimum atomic E-state index is 0.0204. The lowest BCUT2D eigenvalue weighted by Crippen LogP contribution is -2.04. The maximum Gasteiger partial charge on any atom is 0.167 e. The smallest absolute Gasteiger partial charge is 0.167 e. The minimum Gasteiger partial charge on any atom is -0.457 e. The van der Waals surface area contributed by atoms with Crippen LogP contribution in [-0.2, 0) is 6.42 Å². The van der Waals surface area contributed by atoms with E-state index >= 15 is 0 Å². The van der Waals surface area contributed by atoms with Crippen LogP contribution in [0.1, 0.15) is 38.8 Å². The zero-order chi connectivity index (χ0) is 18.5. The molecule has 0 saturated carbocycles. The maximum absolute atomic E-state index is 12.4. The Labute approximate surface area is 153 Å². The highest BCUT2D eigenvalue weighted by Gasteiger charge is 2.08. The molecule has 0 heterocycles. The standard InChI is InChI=1S/C23H20O3/c1-16-3-11-21(12-4-16)26-22-13-9-20(10-14-22)23(25)15-18-5-7-19(8-6-18)17(2)24/h3-14H,15H2,1-2H3. The van der Waals surface area contributed by atoms with Gasteiger partial charge in [-0.15, -0.1) is 0 Å². The van der Waals surface area contributed by atoms with Crippen molar-refractivity contribution in [1.29, 1.82) is 0 Å². The first-order chi connectivity index (χ1) is 12.5. The van der Waals surface area contributed by atoms with Crippen LogP contribution in [0.2, 0.25) is 0 Å². The summed E-state index contributed by atoms with van der Waals surface area (Å²) < 4.78 is 5.78. The molecule has 0 aromatic heterocycles. The van der Waals surface area contributed by atoms with Crippen molar-refractivity contribution in [2.75, 3.05) is 0 Å². The minimum absolute atomic E-state index is 0.0204. The molecule has 0 N–H and O–H groups in total. The van der Waals surface area contributed by atoms with Crippen LogP contribution in [0.25, 0.3) is 0 Å². The third kappa shape index (κ3) is 4.45. The van der Waals surface area contributed by atoms with Gasteiger partial charge in [-0.05, 0) is 55.8 Å². The fraction of sp³-hybridized carbons (Fsp3) is 0.130. The second-order valence-electron chi connectivity index (χ2n) is 6.29. The fourth-order valence-corrected chi connectivity index (χ4v) is 2.60. The van der Waals surface area contributed by atoms with Gasteiger partial charge in [0.2, 0.25) is 0 Å². The third-order valence-corrected chi connectivity index (χ3v) is 4.16. The van der Waals surface area contributed by atoms with Gasteiger partial charge in [0.25, 0.3) is 0 Å². The first-order valence-electron chi connectivity index (χ1n) is 8.49. The van der Waals surface area contributed by atoms with Gasteiger partial charge in [-0.3, -0.25) is 9.59 Å². The summed E-state index contributed by atoms with van der Waals surface area (Å²) in [4.78, 5) is 23.7. The Balaban J connectivity index is 1.64. The predicted molar refractivity (Wildman–Crippen MR) is 102 cm³/mol. The van der Waals surface area contributed by atoms with E-state index < -0.39 is 0 Å². The molecule has 3 heteroatoms. The van der Waals surface area contributed by atoms with Crippen LogP contribution in [0.5, 0.6) is 11.5 Å². The van der Waals surface area contributed by atoms with Gasteiger partial charge < -0.3 is 4.74 Å². The van der Waals surface area contributed by atoms with E-state index in [1.807, 2.05) is 43.3 Å². The number of Topliss-reactive ketones (excluding diaryl/α,β-unsaturated/α-hetero) is 2. The Morgan fingerprint density at radius 3 is 1.77 bits per heavy atom. The quantitative estimate of drug-likeness (QED) is 0.561. The summed E-state index contributed by atoms with van der Waals surface area (Å²) in [6.45, 7) is 3.55. The highest BCUT2D eigenvalue weighted by Crippen LogP contribution is 2.22. The highest BCUT2D eigenvalue weighted by atomic mass is 16.5. The Morgan fingerprint density at radius 1 is 0.731 bits per heavy atom. The van der Waals surface area contributed by atoms with Crippen LogP contribution < -0.4 is 4.74 Å². The molecular weight excluding hydrogens is 324 g/mol. The molecule has 0 radical (unpaired) electrons. The molecule has 3 rings (SSSR count). The number of benzene rings is 3. The molecular formula is C23H20O3. The van der Waals surface area contributed by atoms with Gasteiger partial charge >= 0.3 is 0 Å². The van der Waals surface area contributed by atoms with E-state index in [1.165, 1.54) is 12.5 Å². The van der Waals surface area contributed by atoms with Gasteiger partial charge in [0.05, 0.1) is 0 Å². The molecule has 3 aromatic carbocycles. The van der Waals surface area contributed by atoms with Crippen LogP contribution in [-0.4, -0.2) is 11.6 Å². The Kier molecular flexibility index (Phi) is 5.28. The average molecular weight is 344 g/mol. The molecule has 0 amide bonds. The van der Waals surface area contributed by atoms with Crippen molar-refractivity contribution in [2.24, 2.45) is 0 Å². The summed E-state index contributed by atoms with van der Waals surface area (Å²) in [6, 6.07) is 22.1. The number of ketones is 2. The summed E-state index contributed by atoms with van der Waals surface area (Å²) >= 11 is 0. The highest BCUT2D eigenvalue weighted by molar-refractivity contribution is 5.98. The van der Waals surface area contributed by atoms with Crippen LogP contribution in [0.4, 0.5) is 0 Å². The number of carbonyl (C=O) groups excluding carboxylic acids is 2. The Morgan fingerprint density at radius 2 is 1.23 bits per heavy atom. The van der Waals surface area contributed by atoms with Crippen molar-refractivity contribution in [3.8, 4) is 11.5 Å². The van der Waals surface area contributed by atoms with Crippen LogP contribution in [0.3, 0.4) is 0 Å². The number of aryl methyl sites for hydroxylation is 1. The summed E-state index contributed by atoms with van der Waals surface area (Å²) in [5.41, 5.74) is 3.35. The van der Waals surface area contributed by atoms with Crippen molar-refractivity contribution in [2.45, 2.75) is 20.3 Å². The van der Waals surface area contributed by atoms with Crippen LogP contribution in [0.15, 0.2) is 72.8 Å². The zero-order valence-electron chi connectivity index (χ0n) is 14.9. The molecule has 0 fully saturated rings. The third-order valence-electron chi connectivity index (χ3n) is 4.16. The van der Waals surface area contributed by atoms with Gasteiger partial charge in [0.1, 0.15) is 11.5 Å². The number of rotatable bonds is 6. The number of hydrogen-bond acceptors (Lipinski definition) is 3. The molecule has 0 spiro atoms. The van der Waals surface area contributed by atoms with Crippen LogP contribution in [0, 0.1) is 6.92 Å². The fourth-order valence-electron chi connectivity index (χ4n) is 2.60. The summed E-state index contributed by atoms with van der Waals surface area (Å²) in [5, 5.41) is 0. The topological polar surface area (TPSA) is 43.4 Å². The molecule has 0 saturated heterocycles. The van der Waals surface area contributed by atoms with Gasteiger partial charge in [0, 0.05) is 17.5 Å². The number of ether oxygens (including phenoxy) is 1. The Bertz CT molecular complexity index is 905. The van der Waals surface area contributed by atoms with E-state index in [0.717, 1.165) is 11.3 Å². The van der Waals surface area contributed by atoms with E-state index in [0.29, 0.717) is 23.3 Å². The van der Waals surface area contributed by atoms with E-state index in [1.54, 1.807) is 36.4 Å². The van der Waals surface area contributed by atoms with Crippen molar-refractivity contribution >= 4 is 11.6 Å². The van der Waals surface area contributed by atoms with Gasteiger partial charge in [-0.25, -0.2) is 0 Å². The van der Waals surface area contributed by atoms with Crippen molar-refractivity contribution in [1.82, 2.24) is 0 Å². The summed E-state index contributed by atoms with van der Waals surface area (Å²) in [5.74, 6) is 1.51. The Hall–Kier alpha value is -3.20.